The van der Waals surface area contributed by atoms with E-state index in [9.17, 15) is 29.3 Å². The molecule has 0 spiro atoms. The first-order valence-corrected chi connectivity index (χ1v) is 14.3. The van der Waals surface area contributed by atoms with Crippen LogP contribution in [0, 0.1) is 15.3 Å². The summed E-state index contributed by atoms with van der Waals surface area (Å²) in [6, 6.07) is 8.38. The number of carbonyl (C=O) groups is 2. The number of benzene rings is 2. The highest BCUT2D eigenvalue weighted by molar-refractivity contribution is 14.1. The van der Waals surface area contributed by atoms with E-state index in [2.05, 4.69) is 5.32 Å². The first-order valence-electron chi connectivity index (χ1n) is 13.2. The van der Waals surface area contributed by atoms with Crippen molar-refractivity contribution in [3.05, 3.63) is 68.6 Å². The molecule has 11 heteroatoms. The minimum atomic E-state index is -1.21. The van der Waals surface area contributed by atoms with Crippen molar-refractivity contribution in [1.82, 2.24) is 10.2 Å². The van der Waals surface area contributed by atoms with E-state index in [1.165, 1.54) is 25.3 Å². The number of methoxy groups -OCH3 is 1. The van der Waals surface area contributed by atoms with Crippen molar-refractivity contribution in [3.8, 4) is 11.5 Å². The maximum atomic E-state index is 13.7. The van der Waals surface area contributed by atoms with Gasteiger partial charge in [-0.1, -0.05) is 18.6 Å². The predicted molar refractivity (Wildman–Crippen MR) is 153 cm³/mol. The molecule has 9 nitrogen and oxygen atoms in total. The van der Waals surface area contributed by atoms with Crippen LogP contribution in [0.4, 0.5) is 4.39 Å². The zero-order chi connectivity index (χ0) is 28.8. The summed E-state index contributed by atoms with van der Waals surface area (Å²) >= 11 is 2.05. The second kappa shape index (κ2) is 13.7. The Hall–Kier alpha value is -2.74. The third kappa shape index (κ3) is 6.93. The van der Waals surface area contributed by atoms with E-state index in [4.69, 9.17) is 9.47 Å². The number of rotatable bonds is 11. The van der Waals surface area contributed by atoms with Crippen molar-refractivity contribution >= 4 is 34.4 Å². The Labute approximate surface area is 246 Å². The van der Waals surface area contributed by atoms with Crippen molar-refractivity contribution in [2.75, 3.05) is 20.3 Å². The van der Waals surface area contributed by atoms with Gasteiger partial charge in [0.2, 0.25) is 11.8 Å². The molecule has 4 N–H and O–H groups in total. The average molecular weight is 669 g/mol. The number of amides is 2. The quantitative estimate of drug-likeness (QED) is 0.271. The van der Waals surface area contributed by atoms with Gasteiger partial charge in [0.05, 0.1) is 29.9 Å². The van der Waals surface area contributed by atoms with Crippen molar-refractivity contribution in [1.29, 1.82) is 0 Å². The SMILES string of the molecule is COc1cc(CO)cc(I)c1OC1C=C(C(=O)NCCO)CC(N(Cc2ccc(F)cc2)C(=O)C2CCC2)C1O. The van der Waals surface area contributed by atoms with E-state index >= 15 is 0 Å². The molecule has 0 aliphatic heterocycles. The van der Waals surface area contributed by atoms with E-state index < -0.39 is 30.0 Å². The molecule has 0 heterocycles. The van der Waals surface area contributed by atoms with E-state index in [1.807, 2.05) is 22.6 Å². The summed E-state index contributed by atoms with van der Waals surface area (Å²) in [6.07, 6.45) is 1.79. The molecule has 1 fully saturated rings. The third-order valence-corrected chi connectivity index (χ3v) is 8.15. The summed E-state index contributed by atoms with van der Waals surface area (Å²) in [7, 11) is 1.46. The van der Waals surface area contributed by atoms with Gasteiger partial charge in [-0.05, 0) is 76.9 Å². The molecular formula is C29H34FIN2O7. The number of aliphatic hydroxyl groups excluding tert-OH is 3. The van der Waals surface area contributed by atoms with Crippen molar-refractivity contribution < 1.29 is 38.8 Å². The number of aliphatic hydroxyl groups is 3. The lowest BCUT2D eigenvalue weighted by molar-refractivity contribution is -0.146. The van der Waals surface area contributed by atoms with Crippen molar-refractivity contribution in [2.24, 2.45) is 5.92 Å². The van der Waals surface area contributed by atoms with Crippen LogP contribution < -0.4 is 14.8 Å². The zero-order valence-corrected chi connectivity index (χ0v) is 24.3. The fraction of sp³-hybridized carbons (Fsp3) is 0.448. The van der Waals surface area contributed by atoms with Gasteiger partial charge in [0.15, 0.2) is 11.5 Å². The molecule has 0 aromatic heterocycles. The van der Waals surface area contributed by atoms with Gasteiger partial charge in [0.25, 0.3) is 0 Å². The lowest BCUT2D eigenvalue weighted by Gasteiger charge is -2.43. The van der Waals surface area contributed by atoms with Crippen LogP contribution in [-0.4, -0.2) is 70.5 Å². The Balaban J connectivity index is 1.71. The van der Waals surface area contributed by atoms with E-state index in [0.29, 0.717) is 31.8 Å². The largest absolute Gasteiger partial charge is 0.493 e. The molecule has 0 bridgehead atoms. The van der Waals surface area contributed by atoms with Crippen LogP contribution in [0.25, 0.3) is 0 Å². The smallest absolute Gasteiger partial charge is 0.247 e. The molecular weight excluding hydrogens is 634 g/mol. The normalized spacial score (nSPS) is 20.8. The van der Waals surface area contributed by atoms with Crippen LogP contribution in [-0.2, 0) is 22.7 Å². The van der Waals surface area contributed by atoms with Crippen LogP contribution in [0.5, 0.6) is 11.5 Å². The Bertz CT molecular complexity index is 1240. The first-order chi connectivity index (χ1) is 19.2. The molecule has 0 saturated heterocycles. The molecule has 3 unspecified atom stereocenters. The van der Waals surface area contributed by atoms with Crippen LogP contribution in [0.1, 0.15) is 36.8 Å². The first kappa shape index (κ1) is 30.2. The number of halogens is 2. The van der Waals surface area contributed by atoms with E-state index in [-0.39, 0.29) is 44.5 Å². The second-order valence-electron chi connectivity index (χ2n) is 10.0. The van der Waals surface area contributed by atoms with Crippen LogP contribution in [0.2, 0.25) is 0 Å². The summed E-state index contributed by atoms with van der Waals surface area (Å²) in [5.74, 6) is -0.472. The topological polar surface area (TPSA) is 129 Å². The van der Waals surface area contributed by atoms with E-state index in [1.54, 1.807) is 29.2 Å². The molecule has 0 radical (unpaired) electrons. The zero-order valence-electron chi connectivity index (χ0n) is 22.2. The minimum absolute atomic E-state index is 0.0452. The Morgan fingerprint density at radius 3 is 2.48 bits per heavy atom. The Morgan fingerprint density at radius 2 is 1.88 bits per heavy atom. The maximum Gasteiger partial charge on any atom is 0.247 e. The molecule has 3 atom stereocenters. The number of carbonyl (C=O) groups excluding carboxylic acids is 2. The standard InChI is InChI=1S/C29H34FIN2O7/c1-39-25-12-18(16-35)11-22(31)27(25)40-24-14-20(28(37)32-9-10-34)13-23(26(24)36)33(29(38)19-3-2-4-19)15-17-5-7-21(30)8-6-17/h5-8,11-12,14,19,23-24,26,34-36H,2-4,9-10,13,15-16H2,1H3,(H,32,37). The van der Waals surface area contributed by atoms with Crippen LogP contribution in [0.15, 0.2) is 48.0 Å². The maximum absolute atomic E-state index is 13.7. The lowest BCUT2D eigenvalue weighted by Crippen LogP contribution is -2.56. The summed E-state index contributed by atoms with van der Waals surface area (Å²) < 4.78 is 26.0. The van der Waals surface area contributed by atoms with Gasteiger partial charge in [-0.15, -0.1) is 0 Å². The number of nitrogens with zero attached hydrogens (tertiary/aromatic N) is 1. The summed E-state index contributed by atoms with van der Waals surface area (Å²) in [6.45, 7) is -0.267. The molecule has 2 aliphatic carbocycles. The van der Waals surface area contributed by atoms with Crippen LogP contribution in [0.3, 0.4) is 0 Å². The Morgan fingerprint density at radius 1 is 1.15 bits per heavy atom. The van der Waals surface area contributed by atoms with Crippen molar-refractivity contribution in [2.45, 2.75) is 57.1 Å². The van der Waals surface area contributed by atoms with Gasteiger partial charge in [0.1, 0.15) is 18.0 Å². The minimum Gasteiger partial charge on any atom is -0.493 e. The third-order valence-electron chi connectivity index (χ3n) is 7.34. The molecule has 2 aromatic carbocycles. The average Bonchev–Trinajstić information content (AvgIpc) is 2.92. The molecule has 40 heavy (non-hydrogen) atoms. The Kier molecular flexibility index (Phi) is 10.4. The second-order valence-corrected chi connectivity index (χ2v) is 11.2. The molecule has 2 amide bonds. The highest BCUT2D eigenvalue weighted by atomic mass is 127. The molecule has 2 aromatic rings. The van der Waals surface area contributed by atoms with Gasteiger partial charge in [-0.2, -0.15) is 0 Å². The van der Waals surface area contributed by atoms with E-state index in [0.717, 1.165) is 19.3 Å². The number of nitrogens with one attached hydrogen (secondary N) is 1. The lowest BCUT2D eigenvalue weighted by atomic mass is 9.82. The highest BCUT2D eigenvalue weighted by Crippen LogP contribution is 2.38. The highest BCUT2D eigenvalue weighted by Gasteiger charge is 2.43. The number of hydrogen-bond acceptors (Lipinski definition) is 7. The predicted octanol–water partition coefficient (Wildman–Crippen LogP) is 2.68. The van der Waals surface area contributed by atoms with Crippen LogP contribution >= 0.6 is 22.6 Å². The van der Waals surface area contributed by atoms with Crippen molar-refractivity contribution in [3.63, 3.8) is 0 Å². The summed E-state index contributed by atoms with van der Waals surface area (Å²) in [4.78, 5) is 28.3. The molecule has 2 aliphatic rings. The monoisotopic (exact) mass is 668 g/mol. The van der Waals surface area contributed by atoms with Gasteiger partial charge >= 0.3 is 0 Å². The van der Waals surface area contributed by atoms with Gasteiger partial charge < -0.3 is 35.0 Å². The summed E-state index contributed by atoms with van der Waals surface area (Å²) in [5, 5.41) is 33.1. The van der Waals surface area contributed by atoms with Gasteiger partial charge in [-0.25, -0.2) is 4.39 Å². The molecule has 4 rings (SSSR count). The number of ether oxygens (including phenoxy) is 2. The fourth-order valence-corrected chi connectivity index (χ4v) is 5.72. The fourth-order valence-electron chi connectivity index (χ4n) is 4.93. The van der Waals surface area contributed by atoms with Gasteiger partial charge in [-0.3, -0.25) is 9.59 Å². The summed E-state index contributed by atoms with van der Waals surface area (Å²) in [5.41, 5.74) is 1.61. The van der Waals surface area contributed by atoms with Gasteiger partial charge in [0, 0.05) is 31.0 Å². The number of hydrogen-bond donors (Lipinski definition) is 4. The molecule has 216 valence electrons. The molecule has 1 saturated carbocycles.